The highest BCUT2D eigenvalue weighted by Crippen LogP contribution is 2.31. The van der Waals surface area contributed by atoms with Crippen LogP contribution in [0.2, 0.25) is 0 Å². The van der Waals surface area contributed by atoms with Crippen LogP contribution in [0.5, 0.6) is 11.5 Å². The van der Waals surface area contributed by atoms with Crippen LogP contribution in [0.15, 0.2) is 72.8 Å². The molecular weight excluding hydrogens is 328 g/mol. The molecule has 0 aliphatic rings. The summed E-state index contributed by atoms with van der Waals surface area (Å²) < 4.78 is 10.6. The van der Waals surface area contributed by atoms with E-state index in [0.717, 1.165) is 22.8 Å². The van der Waals surface area contributed by atoms with E-state index in [0.29, 0.717) is 11.3 Å². The fourth-order valence-corrected chi connectivity index (χ4v) is 2.49. The van der Waals surface area contributed by atoms with Gasteiger partial charge in [0.1, 0.15) is 11.5 Å². The van der Waals surface area contributed by atoms with E-state index >= 15 is 0 Å². The maximum atomic E-state index is 12.2. The van der Waals surface area contributed by atoms with E-state index in [2.05, 4.69) is 10.6 Å². The number of benzene rings is 3. The van der Waals surface area contributed by atoms with Gasteiger partial charge in [0.05, 0.1) is 19.9 Å². The van der Waals surface area contributed by atoms with Crippen molar-refractivity contribution in [1.29, 1.82) is 0 Å². The van der Waals surface area contributed by atoms with Gasteiger partial charge in [-0.25, -0.2) is 0 Å². The normalized spacial score (nSPS) is 10.1. The van der Waals surface area contributed by atoms with Crippen molar-refractivity contribution in [3.63, 3.8) is 0 Å². The van der Waals surface area contributed by atoms with Crippen molar-refractivity contribution < 1.29 is 14.3 Å². The Kier molecular flexibility index (Phi) is 5.39. The van der Waals surface area contributed by atoms with Gasteiger partial charge in [0.2, 0.25) is 0 Å². The Bertz CT molecular complexity index is 878. The molecule has 0 saturated carbocycles. The Balaban J connectivity index is 1.69. The van der Waals surface area contributed by atoms with Gasteiger partial charge in [-0.05, 0) is 48.5 Å². The van der Waals surface area contributed by atoms with Crippen LogP contribution in [0.3, 0.4) is 0 Å². The number of amides is 1. The molecule has 2 N–H and O–H groups in total. The van der Waals surface area contributed by atoms with Crippen molar-refractivity contribution >= 4 is 23.0 Å². The summed E-state index contributed by atoms with van der Waals surface area (Å²) in [5.41, 5.74) is 3.06. The summed E-state index contributed by atoms with van der Waals surface area (Å²) in [6, 6.07) is 22.2. The van der Waals surface area contributed by atoms with E-state index in [1.54, 1.807) is 26.4 Å². The van der Waals surface area contributed by atoms with Crippen LogP contribution >= 0.6 is 0 Å². The Morgan fingerprint density at radius 1 is 0.808 bits per heavy atom. The second-order valence-corrected chi connectivity index (χ2v) is 5.59. The molecule has 0 radical (unpaired) electrons. The number of rotatable bonds is 6. The van der Waals surface area contributed by atoms with Gasteiger partial charge in [-0.1, -0.05) is 18.2 Å². The van der Waals surface area contributed by atoms with E-state index < -0.39 is 0 Å². The summed E-state index contributed by atoms with van der Waals surface area (Å²) in [6.45, 7) is 0. The fraction of sp³-hybridized carbons (Fsp3) is 0.0952. The predicted octanol–water partition coefficient (Wildman–Crippen LogP) is 4.70. The van der Waals surface area contributed by atoms with Crippen molar-refractivity contribution in [2.75, 3.05) is 24.9 Å². The van der Waals surface area contributed by atoms with Gasteiger partial charge in [0, 0.05) is 23.0 Å². The minimum atomic E-state index is -0.136. The predicted molar refractivity (Wildman–Crippen MR) is 104 cm³/mol. The van der Waals surface area contributed by atoms with Crippen molar-refractivity contribution in [3.05, 3.63) is 78.4 Å². The third-order valence-electron chi connectivity index (χ3n) is 3.87. The van der Waals surface area contributed by atoms with Crippen LogP contribution in [0.1, 0.15) is 10.4 Å². The van der Waals surface area contributed by atoms with Gasteiger partial charge in [0.25, 0.3) is 5.91 Å². The lowest BCUT2D eigenvalue weighted by atomic mass is 10.2. The van der Waals surface area contributed by atoms with Crippen molar-refractivity contribution in [2.24, 2.45) is 0 Å². The second kappa shape index (κ2) is 8.07. The number of anilines is 3. The Hall–Kier alpha value is -3.47. The summed E-state index contributed by atoms with van der Waals surface area (Å²) in [5.74, 6) is 1.28. The monoisotopic (exact) mass is 348 g/mol. The second-order valence-electron chi connectivity index (χ2n) is 5.59. The zero-order valence-corrected chi connectivity index (χ0v) is 14.7. The van der Waals surface area contributed by atoms with E-state index in [1.165, 1.54) is 0 Å². The van der Waals surface area contributed by atoms with Gasteiger partial charge >= 0.3 is 0 Å². The van der Waals surface area contributed by atoms with Crippen LogP contribution in [0.4, 0.5) is 17.1 Å². The molecule has 0 spiro atoms. The first-order valence-corrected chi connectivity index (χ1v) is 8.15. The first-order chi connectivity index (χ1) is 12.7. The molecule has 0 heterocycles. The lowest BCUT2D eigenvalue weighted by Gasteiger charge is -2.13. The maximum Gasteiger partial charge on any atom is 0.255 e. The summed E-state index contributed by atoms with van der Waals surface area (Å²) in [7, 11) is 3.23. The van der Waals surface area contributed by atoms with Gasteiger partial charge in [-0.15, -0.1) is 0 Å². The van der Waals surface area contributed by atoms with Crippen LogP contribution in [-0.4, -0.2) is 20.1 Å². The molecule has 0 unspecified atom stereocenters. The lowest BCUT2D eigenvalue weighted by Crippen LogP contribution is -2.11. The molecule has 0 aliphatic heterocycles. The molecule has 0 aliphatic carbocycles. The van der Waals surface area contributed by atoms with E-state index in [1.807, 2.05) is 60.7 Å². The molecule has 1 amide bonds. The van der Waals surface area contributed by atoms with Gasteiger partial charge < -0.3 is 20.1 Å². The Morgan fingerprint density at radius 2 is 1.50 bits per heavy atom. The molecule has 0 bridgehead atoms. The molecule has 26 heavy (non-hydrogen) atoms. The van der Waals surface area contributed by atoms with Crippen LogP contribution < -0.4 is 20.1 Å². The number of carbonyl (C=O) groups is 1. The number of carbonyl (C=O) groups excluding carboxylic acids is 1. The molecule has 0 fully saturated rings. The largest absolute Gasteiger partial charge is 0.497 e. The third-order valence-corrected chi connectivity index (χ3v) is 3.87. The number of hydrogen-bond donors (Lipinski definition) is 2. The highest BCUT2D eigenvalue weighted by atomic mass is 16.5. The first-order valence-electron chi connectivity index (χ1n) is 8.15. The maximum absolute atomic E-state index is 12.2. The van der Waals surface area contributed by atoms with Gasteiger partial charge in [0.15, 0.2) is 0 Å². The van der Waals surface area contributed by atoms with E-state index in [4.69, 9.17) is 9.47 Å². The molecule has 3 aromatic rings. The summed E-state index contributed by atoms with van der Waals surface area (Å²) in [5, 5.41) is 6.17. The average molecular weight is 348 g/mol. The Morgan fingerprint density at radius 3 is 2.15 bits per heavy atom. The molecule has 5 heteroatoms. The van der Waals surface area contributed by atoms with Crippen molar-refractivity contribution in [1.82, 2.24) is 0 Å². The summed E-state index contributed by atoms with van der Waals surface area (Å²) in [4.78, 5) is 12.2. The number of methoxy groups -OCH3 is 2. The SMILES string of the molecule is COc1ccc(Nc2ccc(NC(=O)c3ccccc3)cc2)c(OC)c1. The number of ether oxygens (including phenoxy) is 2. The lowest BCUT2D eigenvalue weighted by molar-refractivity contribution is 0.102. The molecular formula is C21H20N2O3. The molecule has 3 rings (SSSR count). The minimum absolute atomic E-state index is 0.136. The van der Waals surface area contributed by atoms with Gasteiger partial charge in [-0.2, -0.15) is 0 Å². The standard InChI is InChI=1S/C21H20N2O3/c1-25-18-12-13-19(20(14-18)26-2)22-16-8-10-17(11-9-16)23-21(24)15-6-4-3-5-7-15/h3-14,22H,1-2H3,(H,23,24). The smallest absolute Gasteiger partial charge is 0.255 e. The first kappa shape index (κ1) is 17.4. The quantitative estimate of drug-likeness (QED) is 0.678. The van der Waals surface area contributed by atoms with Gasteiger partial charge in [-0.3, -0.25) is 4.79 Å². The third kappa shape index (κ3) is 4.13. The molecule has 0 atom stereocenters. The molecule has 3 aromatic carbocycles. The molecule has 0 aromatic heterocycles. The topological polar surface area (TPSA) is 59.6 Å². The number of nitrogens with one attached hydrogen (secondary N) is 2. The highest BCUT2D eigenvalue weighted by Gasteiger charge is 2.07. The van der Waals surface area contributed by atoms with E-state index in [-0.39, 0.29) is 5.91 Å². The zero-order chi connectivity index (χ0) is 18.4. The summed E-state index contributed by atoms with van der Waals surface area (Å²) in [6.07, 6.45) is 0. The van der Waals surface area contributed by atoms with Crippen molar-refractivity contribution in [2.45, 2.75) is 0 Å². The molecule has 5 nitrogen and oxygen atoms in total. The zero-order valence-electron chi connectivity index (χ0n) is 14.7. The van der Waals surface area contributed by atoms with Crippen LogP contribution in [-0.2, 0) is 0 Å². The van der Waals surface area contributed by atoms with Crippen molar-refractivity contribution in [3.8, 4) is 11.5 Å². The van der Waals surface area contributed by atoms with Crippen LogP contribution in [0, 0.1) is 0 Å². The molecule has 0 saturated heterocycles. The fourth-order valence-electron chi connectivity index (χ4n) is 2.49. The average Bonchev–Trinajstić information content (AvgIpc) is 2.70. The Labute approximate surface area is 152 Å². The summed E-state index contributed by atoms with van der Waals surface area (Å²) >= 11 is 0. The van der Waals surface area contributed by atoms with Crippen LogP contribution in [0.25, 0.3) is 0 Å². The minimum Gasteiger partial charge on any atom is -0.497 e. The number of hydrogen-bond acceptors (Lipinski definition) is 4. The van der Waals surface area contributed by atoms with E-state index in [9.17, 15) is 4.79 Å². The molecule has 132 valence electrons. The highest BCUT2D eigenvalue weighted by molar-refractivity contribution is 6.04.